The summed E-state index contributed by atoms with van der Waals surface area (Å²) in [5.74, 6) is -1.71. The number of carbonyl (C=O) groups excluding carboxylic acids is 2. The molecule has 0 aliphatic carbocycles. The molecule has 4 rings (SSSR count). The predicted molar refractivity (Wildman–Crippen MR) is 227 cm³/mol. The zero-order valence-corrected chi connectivity index (χ0v) is 37.5. The lowest BCUT2D eigenvalue weighted by atomic mass is 9.78. The molecule has 0 aromatic heterocycles. The normalized spacial score (nSPS) is 35.9. The highest BCUT2D eigenvalue weighted by Gasteiger charge is 2.51. The molecule has 2 heterocycles. The third kappa shape index (κ3) is 11.4. The maximum absolute atomic E-state index is 14.2. The number of anilines is 1. The number of esters is 1. The lowest BCUT2D eigenvalue weighted by molar-refractivity contribution is -0.293. The van der Waals surface area contributed by atoms with Gasteiger partial charge in [0.05, 0.1) is 49.6 Å². The van der Waals surface area contributed by atoms with Crippen LogP contribution < -0.4 is 24.4 Å². The molecule has 2 aromatic carbocycles. The zero-order valence-electron chi connectivity index (χ0n) is 37.5. The summed E-state index contributed by atoms with van der Waals surface area (Å²) in [4.78, 5) is 31.1. The van der Waals surface area contributed by atoms with Crippen molar-refractivity contribution in [3.63, 3.8) is 0 Å². The van der Waals surface area contributed by atoms with Crippen molar-refractivity contribution in [2.45, 2.75) is 148 Å². The predicted octanol–water partition coefficient (Wildman–Crippen LogP) is 4.75. The number of hydrogen-bond acceptors (Lipinski definition) is 13. The summed E-state index contributed by atoms with van der Waals surface area (Å²) in [5.41, 5.74) is -2.77. The van der Waals surface area contributed by atoms with Crippen LogP contribution in [0.3, 0.4) is 0 Å². The molecule has 2 fully saturated rings. The van der Waals surface area contributed by atoms with Crippen molar-refractivity contribution in [1.29, 1.82) is 0 Å². The summed E-state index contributed by atoms with van der Waals surface area (Å²) in [7, 11) is 4.94. The third-order valence-corrected chi connectivity index (χ3v) is 12.2. The Labute approximate surface area is 356 Å². The highest BCUT2D eigenvalue weighted by molar-refractivity contribution is 5.91. The monoisotopic (exact) mass is 846 g/mol. The number of carbonyl (C=O) groups is 2. The molecule has 2 aliphatic rings. The van der Waals surface area contributed by atoms with Gasteiger partial charge >= 0.3 is 12.0 Å². The second-order valence-corrected chi connectivity index (χ2v) is 17.3. The molecule has 0 radical (unpaired) electrons. The van der Waals surface area contributed by atoms with Crippen molar-refractivity contribution in [3.05, 3.63) is 48.5 Å². The Balaban J connectivity index is 1.80. The number of urea groups is 1. The topological polar surface area (TPSA) is 189 Å². The van der Waals surface area contributed by atoms with Crippen molar-refractivity contribution in [2.75, 3.05) is 39.3 Å². The summed E-state index contributed by atoms with van der Waals surface area (Å²) in [6.45, 7) is 16.1. The first-order chi connectivity index (χ1) is 28.2. The summed E-state index contributed by atoms with van der Waals surface area (Å²) in [5, 5.41) is 50.5. The Hall–Kier alpha value is -3.70. The van der Waals surface area contributed by atoms with Crippen LogP contribution >= 0.6 is 0 Å². The van der Waals surface area contributed by atoms with Crippen molar-refractivity contribution in [2.24, 2.45) is 17.8 Å². The van der Waals surface area contributed by atoms with Crippen LogP contribution in [0.5, 0.6) is 17.2 Å². The van der Waals surface area contributed by atoms with Crippen LogP contribution in [0.1, 0.15) is 81.6 Å². The van der Waals surface area contributed by atoms with Gasteiger partial charge in [-0.1, -0.05) is 39.0 Å². The first-order valence-electron chi connectivity index (χ1n) is 21.3. The van der Waals surface area contributed by atoms with E-state index in [1.54, 1.807) is 76.9 Å². The Morgan fingerprint density at radius 1 is 0.983 bits per heavy atom. The quantitative estimate of drug-likeness (QED) is 0.206. The van der Waals surface area contributed by atoms with Crippen LogP contribution in [0, 0.1) is 17.8 Å². The number of benzene rings is 2. The van der Waals surface area contributed by atoms with Gasteiger partial charge in [-0.25, -0.2) is 4.79 Å². The van der Waals surface area contributed by atoms with Crippen LogP contribution in [-0.2, 0) is 19.0 Å². The summed E-state index contributed by atoms with van der Waals surface area (Å²) in [6, 6.07) is 12.8. The molecule has 2 aromatic rings. The molecular formula is C45H71N3O12. The molecule has 0 unspecified atom stereocenters. The number of ether oxygens (including phenoxy) is 6. The Kier molecular flexibility index (Phi) is 17.1. The third-order valence-electron chi connectivity index (χ3n) is 12.2. The minimum Gasteiger partial charge on any atom is -0.493 e. The molecule has 2 amide bonds. The van der Waals surface area contributed by atoms with Gasteiger partial charge in [-0.3, -0.25) is 9.69 Å². The second-order valence-electron chi connectivity index (χ2n) is 17.3. The van der Waals surface area contributed by atoms with E-state index < -0.39 is 84.0 Å². The number of cyclic esters (lactones) is 1. The molecule has 2 aliphatic heterocycles. The number of aliphatic hydroxyl groups is 4. The average molecular weight is 846 g/mol. The second kappa shape index (κ2) is 20.9. The number of amides is 2. The fourth-order valence-electron chi connectivity index (χ4n) is 8.64. The lowest BCUT2D eigenvalue weighted by Gasteiger charge is -2.48. The number of methoxy groups -OCH3 is 1. The molecule has 60 heavy (non-hydrogen) atoms. The Morgan fingerprint density at radius 3 is 2.27 bits per heavy atom. The first-order valence-corrected chi connectivity index (χ1v) is 21.3. The number of nitrogens with zero attached hydrogens (tertiary/aromatic N) is 2. The molecule has 2 saturated heterocycles. The molecule has 5 N–H and O–H groups in total. The van der Waals surface area contributed by atoms with E-state index in [-0.39, 0.29) is 24.8 Å². The standard InChI is InChI=1S/C45H71N3O12/c1-13-36-45(9,54)39(50)30(7)46-25-26(3)24-44(8,53)40(28(5)37(49)29(6)41(51)59-36)60-42-38(58-32-20-21-34(55-12)35(23-32)56-14-2)33(22-27(4)57-42)48(11)43(52)47(10)31-18-16-15-17-19-31/h15-21,23,26-30,33,36-40,42,46,49-50,53-54H,13-14,22,24-25H2,1-12H3/t26-,27-,28+,29-,30-,33+,36-,37+,38-,39-,40-,42+,44-,45-/m1/s1. The maximum Gasteiger partial charge on any atom is 0.324 e. The molecule has 0 spiro atoms. The maximum atomic E-state index is 14.2. The van der Waals surface area contributed by atoms with Crippen LogP contribution in [0.25, 0.3) is 0 Å². The van der Waals surface area contributed by atoms with Gasteiger partial charge in [0.15, 0.2) is 23.9 Å². The number of aliphatic hydroxyl groups excluding tert-OH is 2. The van der Waals surface area contributed by atoms with Crippen LogP contribution in [-0.4, -0.2) is 138 Å². The first kappa shape index (κ1) is 49.0. The SMILES string of the molecule is CCOc1cc(O[C@H]2[C@H](O[C@@H]3[C@@H](C)[C@H](O)[C@@H](C)C(=O)O[C@H](CC)[C@@](C)(O)[C@H](O)[C@@H](C)NC[C@H](C)C[C@@]3(C)O)O[C@H](C)C[C@@H]2N(C)C(=O)N(C)c2ccccc2)ccc1OC. The van der Waals surface area contributed by atoms with Gasteiger partial charge in [0.25, 0.3) is 0 Å². The van der Waals surface area contributed by atoms with Gasteiger partial charge in [-0.2, -0.15) is 0 Å². The van der Waals surface area contributed by atoms with Crippen molar-refractivity contribution in [3.8, 4) is 17.2 Å². The Bertz CT molecular complexity index is 1680. The van der Waals surface area contributed by atoms with Gasteiger partial charge in [0.2, 0.25) is 0 Å². The zero-order chi connectivity index (χ0) is 44.7. The van der Waals surface area contributed by atoms with E-state index in [1.807, 2.05) is 51.1 Å². The highest BCUT2D eigenvalue weighted by atomic mass is 16.7. The molecule has 338 valence electrons. The fraction of sp³-hybridized carbons (Fsp3) is 0.689. The average Bonchev–Trinajstić information content (AvgIpc) is 3.22. The summed E-state index contributed by atoms with van der Waals surface area (Å²) in [6.07, 6.45) is -6.91. The number of hydrogen-bond donors (Lipinski definition) is 5. The van der Waals surface area contributed by atoms with E-state index in [4.69, 9.17) is 28.4 Å². The van der Waals surface area contributed by atoms with Gasteiger partial charge in [0.1, 0.15) is 23.6 Å². The van der Waals surface area contributed by atoms with Crippen LogP contribution in [0.2, 0.25) is 0 Å². The lowest BCUT2D eigenvalue weighted by Crippen LogP contribution is -2.62. The van der Waals surface area contributed by atoms with Gasteiger partial charge in [0, 0.05) is 37.8 Å². The molecular weight excluding hydrogens is 775 g/mol. The van der Waals surface area contributed by atoms with Gasteiger partial charge in [-0.15, -0.1) is 0 Å². The molecule has 15 nitrogen and oxygen atoms in total. The summed E-state index contributed by atoms with van der Waals surface area (Å²) < 4.78 is 37.4. The van der Waals surface area contributed by atoms with Crippen LogP contribution in [0.15, 0.2) is 48.5 Å². The van der Waals surface area contributed by atoms with E-state index in [9.17, 15) is 30.0 Å². The largest absolute Gasteiger partial charge is 0.493 e. The molecule has 0 bridgehead atoms. The highest BCUT2D eigenvalue weighted by Crippen LogP contribution is 2.39. The van der Waals surface area contributed by atoms with Crippen molar-refractivity contribution < 1.29 is 58.4 Å². The van der Waals surface area contributed by atoms with E-state index in [0.29, 0.717) is 42.5 Å². The number of likely N-dealkylation sites (N-methyl/N-ethyl adjacent to an activating group) is 1. The van der Waals surface area contributed by atoms with E-state index in [0.717, 1.165) is 0 Å². The fourth-order valence-corrected chi connectivity index (χ4v) is 8.64. The van der Waals surface area contributed by atoms with Crippen molar-refractivity contribution in [1.82, 2.24) is 10.2 Å². The Morgan fingerprint density at radius 2 is 1.65 bits per heavy atom. The van der Waals surface area contributed by atoms with Crippen LogP contribution in [0.4, 0.5) is 10.5 Å². The minimum atomic E-state index is -1.81. The number of nitrogens with one attached hydrogen (secondary N) is 1. The number of para-hydroxylation sites is 1. The number of rotatable bonds is 10. The van der Waals surface area contributed by atoms with E-state index in [1.165, 1.54) is 13.8 Å². The van der Waals surface area contributed by atoms with E-state index in [2.05, 4.69) is 5.32 Å². The molecule has 0 saturated carbocycles. The van der Waals surface area contributed by atoms with Gasteiger partial charge < -0.3 is 59.1 Å². The smallest absolute Gasteiger partial charge is 0.324 e. The minimum absolute atomic E-state index is 0.158. The van der Waals surface area contributed by atoms with Gasteiger partial charge in [-0.05, 0) is 97.5 Å². The molecule has 14 atom stereocenters. The van der Waals surface area contributed by atoms with E-state index >= 15 is 0 Å². The van der Waals surface area contributed by atoms with Crippen molar-refractivity contribution >= 4 is 17.7 Å². The summed E-state index contributed by atoms with van der Waals surface area (Å²) >= 11 is 0. The molecule has 15 heteroatoms.